The summed E-state index contributed by atoms with van der Waals surface area (Å²) in [5.74, 6) is 1.23. The van der Waals surface area contributed by atoms with Crippen LogP contribution in [0.25, 0.3) is 0 Å². The third kappa shape index (κ3) is 3.30. The molecular weight excluding hydrogens is 188 g/mol. The van der Waals surface area contributed by atoms with Crippen LogP contribution in [0.4, 0.5) is 0 Å². The molecular formula is C13H24O2. The van der Waals surface area contributed by atoms with Gasteiger partial charge >= 0.3 is 0 Å². The number of ketones is 1. The van der Waals surface area contributed by atoms with Gasteiger partial charge in [0.05, 0.1) is 0 Å². The van der Waals surface area contributed by atoms with Crippen molar-refractivity contribution in [1.82, 2.24) is 0 Å². The molecule has 1 saturated carbocycles. The molecule has 1 aliphatic rings. The highest BCUT2D eigenvalue weighted by molar-refractivity contribution is 5.88. The molecule has 0 spiro atoms. The van der Waals surface area contributed by atoms with Crippen molar-refractivity contribution in [1.29, 1.82) is 0 Å². The summed E-state index contributed by atoms with van der Waals surface area (Å²) < 4.78 is 5.53. The minimum Gasteiger partial charge on any atom is -0.368 e. The molecule has 0 aromatic heterocycles. The number of hydrogen-bond donors (Lipinski definition) is 0. The lowest BCUT2D eigenvalue weighted by Gasteiger charge is -2.32. The van der Waals surface area contributed by atoms with Crippen LogP contribution in [0, 0.1) is 11.8 Å². The zero-order valence-electron chi connectivity index (χ0n) is 10.5. The van der Waals surface area contributed by atoms with Crippen LogP contribution in [0.15, 0.2) is 0 Å². The second kappa shape index (κ2) is 5.11. The van der Waals surface area contributed by atoms with Gasteiger partial charge in [-0.25, -0.2) is 0 Å². The molecule has 1 aliphatic carbocycles. The lowest BCUT2D eigenvalue weighted by atomic mass is 9.76. The second-order valence-corrected chi connectivity index (χ2v) is 5.28. The van der Waals surface area contributed by atoms with Crippen LogP contribution >= 0.6 is 0 Å². The molecule has 2 heteroatoms. The first-order valence-corrected chi connectivity index (χ1v) is 6.15. The molecule has 1 fully saturated rings. The van der Waals surface area contributed by atoms with Crippen molar-refractivity contribution in [3.8, 4) is 0 Å². The van der Waals surface area contributed by atoms with E-state index >= 15 is 0 Å². The van der Waals surface area contributed by atoms with Crippen molar-refractivity contribution >= 4 is 5.78 Å². The fourth-order valence-corrected chi connectivity index (χ4v) is 2.60. The Bertz CT molecular complexity index is 221. The monoisotopic (exact) mass is 212 g/mol. The van der Waals surface area contributed by atoms with E-state index in [0.717, 1.165) is 12.8 Å². The number of carbonyl (C=O) groups is 1. The number of Topliss-reactive ketones (excluding diaryl/α,β-unsaturated/α-hetero) is 1. The number of hydrogen-bond acceptors (Lipinski definition) is 2. The first-order valence-electron chi connectivity index (χ1n) is 6.15. The van der Waals surface area contributed by atoms with E-state index in [-0.39, 0.29) is 5.92 Å². The number of ether oxygens (including phenoxy) is 1. The van der Waals surface area contributed by atoms with E-state index in [4.69, 9.17) is 4.74 Å². The lowest BCUT2D eigenvalue weighted by molar-refractivity contribution is -0.145. The van der Waals surface area contributed by atoms with E-state index in [2.05, 4.69) is 6.92 Å². The van der Waals surface area contributed by atoms with E-state index in [1.165, 1.54) is 12.8 Å². The van der Waals surface area contributed by atoms with Crippen LogP contribution in [0.5, 0.6) is 0 Å². The predicted molar refractivity (Wildman–Crippen MR) is 61.8 cm³/mol. The average Bonchev–Trinajstić information content (AvgIpc) is 2.16. The molecule has 0 amide bonds. The van der Waals surface area contributed by atoms with Gasteiger partial charge < -0.3 is 4.74 Å². The van der Waals surface area contributed by atoms with E-state index < -0.39 is 5.60 Å². The summed E-state index contributed by atoms with van der Waals surface area (Å²) in [7, 11) is 0. The van der Waals surface area contributed by atoms with Gasteiger partial charge in [-0.3, -0.25) is 4.79 Å². The molecule has 2 nitrogen and oxygen atoms in total. The summed E-state index contributed by atoms with van der Waals surface area (Å²) in [5, 5.41) is 0. The van der Waals surface area contributed by atoms with E-state index in [1.54, 1.807) is 0 Å². The molecule has 15 heavy (non-hydrogen) atoms. The fourth-order valence-electron chi connectivity index (χ4n) is 2.60. The van der Waals surface area contributed by atoms with Crippen molar-refractivity contribution in [2.45, 2.75) is 59.0 Å². The Morgan fingerprint density at radius 2 is 2.07 bits per heavy atom. The Balaban J connectivity index is 2.58. The van der Waals surface area contributed by atoms with Crippen molar-refractivity contribution in [2.24, 2.45) is 11.8 Å². The quantitative estimate of drug-likeness (QED) is 0.715. The highest BCUT2D eigenvalue weighted by atomic mass is 16.5. The smallest absolute Gasteiger partial charge is 0.167 e. The Morgan fingerprint density at radius 3 is 2.60 bits per heavy atom. The highest BCUT2D eigenvalue weighted by Crippen LogP contribution is 2.32. The van der Waals surface area contributed by atoms with Gasteiger partial charge in [-0.2, -0.15) is 0 Å². The van der Waals surface area contributed by atoms with Gasteiger partial charge in [-0.15, -0.1) is 0 Å². The first kappa shape index (κ1) is 12.7. The van der Waals surface area contributed by atoms with E-state index in [9.17, 15) is 4.79 Å². The molecule has 0 aromatic rings. The van der Waals surface area contributed by atoms with Crippen LogP contribution in [-0.2, 0) is 9.53 Å². The molecule has 0 saturated heterocycles. The predicted octanol–water partition coefficient (Wildman–Crippen LogP) is 3.20. The van der Waals surface area contributed by atoms with Crippen LogP contribution in [0.2, 0.25) is 0 Å². The number of carbonyl (C=O) groups excluding carboxylic acids is 1. The maximum atomic E-state index is 12.2. The van der Waals surface area contributed by atoms with Gasteiger partial charge in [-0.05, 0) is 39.5 Å². The summed E-state index contributed by atoms with van der Waals surface area (Å²) in [6.07, 6.45) is 4.58. The van der Waals surface area contributed by atoms with Crippen molar-refractivity contribution < 1.29 is 9.53 Å². The maximum Gasteiger partial charge on any atom is 0.167 e. The molecule has 0 bridgehead atoms. The normalized spacial score (nSPS) is 27.7. The van der Waals surface area contributed by atoms with Crippen LogP contribution in [0.3, 0.4) is 0 Å². The van der Waals surface area contributed by atoms with Gasteiger partial charge in [-0.1, -0.05) is 19.8 Å². The molecule has 0 aromatic carbocycles. The zero-order valence-corrected chi connectivity index (χ0v) is 10.5. The minimum atomic E-state index is -0.587. The minimum absolute atomic E-state index is 0.232. The standard InChI is InChI=1S/C13H24O2/c1-5-15-13(3,4)12(14)11-8-6-7-10(2)9-11/h10-11H,5-9H2,1-4H3. The molecule has 2 atom stereocenters. The molecule has 0 aliphatic heterocycles. The summed E-state index contributed by atoms with van der Waals surface area (Å²) in [4.78, 5) is 12.2. The maximum absolute atomic E-state index is 12.2. The van der Waals surface area contributed by atoms with Crippen LogP contribution in [0.1, 0.15) is 53.4 Å². The molecule has 88 valence electrons. The van der Waals surface area contributed by atoms with Crippen molar-refractivity contribution in [3.05, 3.63) is 0 Å². The van der Waals surface area contributed by atoms with Crippen molar-refractivity contribution in [3.63, 3.8) is 0 Å². The number of rotatable bonds is 4. The first-order chi connectivity index (χ1) is 6.97. The largest absolute Gasteiger partial charge is 0.368 e. The lowest BCUT2D eigenvalue weighted by Crippen LogP contribution is -2.41. The topological polar surface area (TPSA) is 26.3 Å². The Morgan fingerprint density at radius 1 is 1.40 bits per heavy atom. The molecule has 0 N–H and O–H groups in total. The molecule has 0 radical (unpaired) electrons. The Kier molecular flexibility index (Phi) is 4.32. The SMILES string of the molecule is CCOC(C)(C)C(=O)C1CCCC(C)C1. The van der Waals surface area contributed by atoms with Gasteiger partial charge in [0.1, 0.15) is 5.60 Å². The fraction of sp³-hybridized carbons (Fsp3) is 0.923. The van der Waals surface area contributed by atoms with Gasteiger partial charge in [0, 0.05) is 12.5 Å². The Labute approximate surface area is 93.4 Å². The molecule has 0 heterocycles. The molecule has 1 rings (SSSR count). The summed E-state index contributed by atoms with van der Waals surface area (Å²) >= 11 is 0. The van der Waals surface area contributed by atoms with Crippen LogP contribution < -0.4 is 0 Å². The zero-order chi connectivity index (χ0) is 11.5. The average molecular weight is 212 g/mol. The highest BCUT2D eigenvalue weighted by Gasteiger charge is 2.35. The van der Waals surface area contributed by atoms with Gasteiger partial charge in [0.25, 0.3) is 0 Å². The van der Waals surface area contributed by atoms with E-state index in [0.29, 0.717) is 18.3 Å². The Hall–Kier alpha value is -0.370. The third-order valence-electron chi connectivity index (χ3n) is 3.41. The van der Waals surface area contributed by atoms with Crippen LogP contribution in [-0.4, -0.2) is 18.0 Å². The summed E-state index contributed by atoms with van der Waals surface area (Å²) in [5.41, 5.74) is -0.587. The van der Waals surface area contributed by atoms with E-state index in [1.807, 2.05) is 20.8 Å². The summed E-state index contributed by atoms with van der Waals surface area (Å²) in [6.45, 7) is 8.60. The van der Waals surface area contributed by atoms with Crippen molar-refractivity contribution in [2.75, 3.05) is 6.61 Å². The second-order valence-electron chi connectivity index (χ2n) is 5.28. The molecule has 2 unspecified atom stereocenters. The third-order valence-corrected chi connectivity index (χ3v) is 3.41. The van der Waals surface area contributed by atoms with Gasteiger partial charge in [0.2, 0.25) is 0 Å². The van der Waals surface area contributed by atoms with Gasteiger partial charge in [0.15, 0.2) is 5.78 Å². The summed E-state index contributed by atoms with van der Waals surface area (Å²) in [6, 6.07) is 0.